The first kappa shape index (κ1) is 8.35. The minimum absolute atomic E-state index is 1.08. The lowest BCUT2D eigenvalue weighted by Gasteiger charge is -1.86. The molecule has 0 saturated heterocycles. The van der Waals surface area contributed by atoms with Crippen LogP contribution in [0, 0.1) is 6.92 Å². The summed E-state index contributed by atoms with van der Waals surface area (Å²) in [5, 5.41) is 0. The van der Waals surface area contributed by atoms with Crippen LogP contribution in [-0.4, -0.2) is 0 Å². The number of hydrogen-bond donors (Lipinski definition) is 1. The molecule has 0 bridgehead atoms. The SMILES string of the molecule is Cc1ccc(-c2ccc(S)s2)s1. The summed E-state index contributed by atoms with van der Waals surface area (Å²) in [6.07, 6.45) is 0. The second-order valence-electron chi connectivity index (χ2n) is 2.55. The predicted octanol–water partition coefficient (Wildman–Crippen LogP) is 4.07. The van der Waals surface area contributed by atoms with E-state index < -0.39 is 0 Å². The molecule has 12 heavy (non-hydrogen) atoms. The molecule has 0 aliphatic carbocycles. The number of thiol groups is 1. The van der Waals surface area contributed by atoms with Crippen molar-refractivity contribution in [2.75, 3.05) is 0 Å². The molecular formula is C9H8S3. The van der Waals surface area contributed by atoms with Crippen molar-refractivity contribution in [2.45, 2.75) is 11.1 Å². The van der Waals surface area contributed by atoms with Crippen molar-refractivity contribution in [2.24, 2.45) is 0 Å². The van der Waals surface area contributed by atoms with E-state index in [0.29, 0.717) is 0 Å². The molecule has 0 atom stereocenters. The summed E-state index contributed by atoms with van der Waals surface area (Å²) >= 11 is 7.84. The van der Waals surface area contributed by atoms with E-state index in [0.717, 1.165) is 4.21 Å². The van der Waals surface area contributed by atoms with Gasteiger partial charge in [0.05, 0.1) is 4.21 Å². The van der Waals surface area contributed by atoms with Crippen LogP contribution >= 0.6 is 35.3 Å². The summed E-state index contributed by atoms with van der Waals surface area (Å²) in [6.45, 7) is 2.13. The first-order chi connectivity index (χ1) is 5.75. The fourth-order valence-corrected chi connectivity index (χ4v) is 3.10. The smallest absolute Gasteiger partial charge is 0.0574 e. The molecule has 2 heterocycles. The monoisotopic (exact) mass is 212 g/mol. The predicted molar refractivity (Wildman–Crippen MR) is 59.6 cm³/mol. The van der Waals surface area contributed by atoms with E-state index in [1.54, 1.807) is 11.3 Å². The van der Waals surface area contributed by atoms with Crippen LogP contribution in [0.5, 0.6) is 0 Å². The second kappa shape index (κ2) is 3.24. The molecule has 0 unspecified atom stereocenters. The van der Waals surface area contributed by atoms with Crippen LogP contribution < -0.4 is 0 Å². The molecule has 0 radical (unpaired) electrons. The largest absolute Gasteiger partial charge is 0.140 e. The van der Waals surface area contributed by atoms with Crippen LogP contribution in [0.15, 0.2) is 28.5 Å². The van der Waals surface area contributed by atoms with Crippen LogP contribution in [0.25, 0.3) is 9.75 Å². The van der Waals surface area contributed by atoms with E-state index in [4.69, 9.17) is 0 Å². The van der Waals surface area contributed by atoms with Crippen molar-refractivity contribution in [3.05, 3.63) is 29.1 Å². The molecule has 0 N–H and O–H groups in total. The van der Waals surface area contributed by atoms with Gasteiger partial charge in [-0.2, -0.15) is 0 Å². The third-order valence-electron chi connectivity index (χ3n) is 1.58. The van der Waals surface area contributed by atoms with Gasteiger partial charge in [0.15, 0.2) is 0 Å². The van der Waals surface area contributed by atoms with E-state index in [2.05, 4.69) is 37.8 Å². The van der Waals surface area contributed by atoms with E-state index in [-0.39, 0.29) is 0 Å². The van der Waals surface area contributed by atoms with Gasteiger partial charge in [-0.05, 0) is 31.2 Å². The Bertz CT molecular complexity index is 346. The average molecular weight is 212 g/mol. The molecule has 0 fully saturated rings. The molecule has 0 nitrogen and oxygen atoms in total. The molecule has 0 aliphatic heterocycles. The summed E-state index contributed by atoms with van der Waals surface area (Å²) in [7, 11) is 0. The normalized spacial score (nSPS) is 10.5. The number of aryl methyl sites for hydroxylation is 1. The standard InChI is InChI=1S/C9H8S3/c1-6-2-3-7(11-6)8-4-5-9(10)12-8/h2-5,10H,1H3. The zero-order chi connectivity index (χ0) is 8.55. The van der Waals surface area contributed by atoms with Gasteiger partial charge in [-0.3, -0.25) is 0 Å². The molecule has 0 aromatic carbocycles. The van der Waals surface area contributed by atoms with Crippen molar-refractivity contribution in [3.63, 3.8) is 0 Å². The van der Waals surface area contributed by atoms with Crippen molar-refractivity contribution >= 4 is 35.3 Å². The lowest BCUT2D eigenvalue weighted by atomic mass is 10.4. The van der Waals surface area contributed by atoms with Gasteiger partial charge in [0.2, 0.25) is 0 Å². The van der Waals surface area contributed by atoms with Crippen molar-refractivity contribution in [1.29, 1.82) is 0 Å². The molecule has 0 amide bonds. The van der Waals surface area contributed by atoms with Gasteiger partial charge in [0, 0.05) is 14.6 Å². The topological polar surface area (TPSA) is 0 Å². The molecular weight excluding hydrogens is 204 g/mol. The Labute approximate surface area is 85.3 Å². The quantitative estimate of drug-likeness (QED) is 0.677. The molecule has 62 valence electrons. The zero-order valence-electron chi connectivity index (χ0n) is 6.57. The van der Waals surface area contributed by atoms with Gasteiger partial charge in [-0.25, -0.2) is 0 Å². The summed E-state index contributed by atoms with van der Waals surface area (Å²) < 4.78 is 1.08. The Morgan fingerprint density at radius 1 is 1.00 bits per heavy atom. The maximum absolute atomic E-state index is 4.29. The van der Waals surface area contributed by atoms with Gasteiger partial charge in [-0.1, -0.05) is 0 Å². The lowest BCUT2D eigenvalue weighted by Crippen LogP contribution is -1.55. The van der Waals surface area contributed by atoms with Crippen LogP contribution in [-0.2, 0) is 0 Å². The lowest BCUT2D eigenvalue weighted by molar-refractivity contribution is 1.64. The first-order valence-electron chi connectivity index (χ1n) is 3.61. The van der Waals surface area contributed by atoms with Crippen molar-refractivity contribution in [1.82, 2.24) is 0 Å². The van der Waals surface area contributed by atoms with Crippen LogP contribution in [0.4, 0.5) is 0 Å². The van der Waals surface area contributed by atoms with Crippen molar-refractivity contribution < 1.29 is 0 Å². The molecule has 0 aliphatic rings. The number of thiophene rings is 2. The van der Waals surface area contributed by atoms with Gasteiger partial charge in [-0.15, -0.1) is 35.3 Å². The minimum Gasteiger partial charge on any atom is -0.140 e. The maximum atomic E-state index is 4.29. The Kier molecular flexibility index (Phi) is 2.26. The highest BCUT2D eigenvalue weighted by Gasteiger charge is 2.02. The van der Waals surface area contributed by atoms with Gasteiger partial charge < -0.3 is 0 Å². The zero-order valence-corrected chi connectivity index (χ0v) is 9.10. The first-order valence-corrected chi connectivity index (χ1v) is 5.69. The summed E-state index contributed by atoms with van der Waals surface area (Å²) in [6, 6.07) is 8.48. The van der Waals surface area contributed by atoms with E-state index in [9.17, 15) is 0 Å². The highest BCUT2D eigenvalue weighted by molar-refractivity contribution is 7.83. The third kappa shape index (κ3) is 1.58. The Balaban J connectivity index is 2.43. The van der Waals surface area contributed by atoms with Crippen LogP contribution in [0.3, 0.4) is 0 Å². The second-order valence-corrected chi connectivity index (χ2v) is 5.70. The number of rotatable bonds is 1. The molecule has 0 spiro atoms. The Morgan fingerprint density at radius 2 is 1.67 bits per heavy atom. The summed E-state index contributed by atoms with van der Waals surface area (Å²) in [5.74, 6) is 0. The Morgan fingerprint density at radius 3 is 2.17 bits per heavy atom. The summed E-state index contributed by atoms with van der Waals surface area (Å²) in [5.41, 5.74) is 0. The third-order valence-corrected chi connectivity index (χ3v) is 4.08. The van der Waals surface area contributed by atoms with E-state index in [1.807, 2.05) is 17.4 Å². The molecule has 3 heteroatoms. The highest BCUT2D eigenvalue weighted by Crippen LogP contribution is 2.34. The fraction of sp³-hybridized carbons (Fsp3) is 0.111. The molecule has 2 aromatic rings. The molecule has 0 saturated carbocycles. The minimum atomic E-state index is 1.08. The van der Waals surface area contributed by atoms with Crippen LogP contribution in [0.2, 0.25) is 0 Å². The van der Waals surface area contributed by atoms with E-state index in [1.165, 1.54) is 14.6 Å². The summed E-state index contributed by atoms with van der Waals surface area (Å²) in [4.78, 5) is 4.02. The average Bonchev–Trinajstić information content (AvgIpc) is 2.58. The molecule has 2 rings (SSSR count). The van der Waals surface area contributed by atoms with Crippen LogP contribution in [0.1, 0.15) is 4.88 Å². The Hall–Kier alpha value is -0.250. The number of hydrogen-bond acceptors (Lipinski definition) is 3. The maximum Gasteiger partial charge on any atom is 0.0574 e. The highest BCUT2D eigenvalue weighted by atomic mass is 32.2. The van der Waals surface area contributed by atoms with Gasteiger partial charge in [0.25, 0.3) is 0 Å². The van der Waals surface area contributed by atoms with Crippen molar-refractivity contribution in [3.8, 4) is 9.75 Å². The van der Waals surface area contributed by atoms with Gasteiger partial charge >= 0.3 is 0 Å². The molecule has 2 aromatic heterocycles. The van der Waals surface area contributed by atoms with E-state index >= 15 is 0 Å². The van der Waals surface area contributed by atoms with Gasteiger partial charge in [0.1, 0.15) is 0 Å². The fourth-order valence-electron chi connectivity index (χ4n) is 1.03.